The first kappa shape index (κ1) is 13.2. The van der Waals surface area contributed by atoms with E-state index in [0.717, 1.165) is 50.0 Å². The first-order valence-electron chi connectivity index (χ1n) is 6.12. The molecule has 5 heteroatoms. The molecule has 1 saturated heterocycles. The predicted molar refractivity (Wildman–Crippen MR) is 75.9 cm³/mol. The van der Waals surface area contributed by atoms with Gasteiger partial charge in [-0.1, -0.05) is 0 Å². The Morgan fingerprint density at radius 1 is 1.28 bits per heavy atom. The number of hydrogen-bond donors (Lipinski definition) is 0. The Labute approximate surface area is 113 Å². The second kappa shape index (κ2) is 6.62. The lowest BCUT2D eigenvalue weighted by molar-refractivity contribution is 0.263. The molecule has 0 aliphatic carbocycles. The van der Waals surface area contributed by atoms with Gasteiger partial charge in [-0.15, -0.1) is 34.3 Å². The maximum Gasteiger partial charge on any atom is 0.151 e. The van der Waals surface area contributed by atoms with Gasteiger partial charge in [-0.25, -0.2) is 0 Å². The summed E-state index contributed by atoms with van der Waals surface area (Å²) in [6.07, 6.45) is 8.13. The molecule has 1 fully saturated rings. The third kappa shape index (κ3) is 3.37. The van der Waals surface area contributed by atoms with E-state index in [1.807, 2.05) is 12.3 Å². The van der Waals surface area contributed by atoms with Crippen LogP contribution in [0.15, 0.2) is 17.2 Å². The van der Waals surface area contributed by atoms with Crippen LogP contribution < -0.4 is 4.90 Å². The zero-order chi connectivity index (χ0) is 12.8. The molecule has 96 valence electrons. The molecule has 0 radical (unpaired) electrons. The second-order valence-corrected chi connectivity index (χ2v) is 5.04. The quantitative estimate of drug-likeness (QED) is 0.604. The lowest BCUT2D eigenvalue weighted by Crippen LogP contribution is -2.46. The number of anilines is 1. The zero-order valence-corrected chi connectivity index (χ0v) is 11.5. The summed E-state index contributed by atoms with van der Waals surface area (Å²) in [6.45, 7) is 5.10. The minimum atomic E-state index is 0.836. The molecule has 0 atom stereocenters. The average Bonchev–Trinajstić information content (AvgIpc) is 2.46. The molecule has 2 rings (SSSR count). The minimum Gasteiger partial charge on any atom is -0.353 e. The van der Waals surface area contributed by atoms with Crippen molar-refractivity contribution < 1.29 is 0 Å². The monoisotopic (exact) mass is 262 g/mol. The van der Waals surface area contributed by atoms with E-state index in [1.165, 1.54) is 0 Å². The van der Waals surface area contributed by atoms with Gasteiger partial charge in [0, 0.05) is 39.1 Å². The summed E-state index contributed by atoms with van der Waals surface area (Å²) in [6, 6.07) is 4.08. The summed E-state index contributed by atoms with van der Waals surface area (Å²) in [5.41, 5.74) is 0. The maximum atomic E-state index is 5.28. The number of aromatic nitrogens is 2. The minimum absolute atomic E-state index is 0.836. The molecule has 1 aromatic rings. The molecule has 4 nitrogen and oxygen atoms in total. The van der Waals surface area contributed by atoms with Crippen LogP contribution in [0.2, 0.25) is 0 Å². The van der Waals surface area contributed by atoms with Crippen LogP contribution in [0.5, 0.6) is 0 Å². The van der Waals surface area contributed by atoms with Crippen LogP contribution in [0.1, 0.15) is 6.42 Å². The van der Waals surface area contributed by atoms with Crippen molar-refractivity contribution in [3.05, 3.63) is 12.1 Å². The van der Waals surface area contributed by atoms with Gasteiger partial charge in [0.25, 0.3) is 0 Å². The van der Waals surface area contributed by atoms with Gasteiger partial charge in [-0.3, -0.25) is 4.90 Å². The van der Waals surface area contributed by atoms with Crippen LogP contribution in [-0.4, -0.2) is 54.1 Å². The maximum absolute atomic E-state index is 5.28. The number of hydrogen-bond acceptors (Lipinski definition) is 5. The standard InChI is InChI=1S/C13H18N4S/c1-3-4-7-16-8-10-17(11-9-16)12-5-6-13(18-2)15-14-12/h1,5-6H,4,7-11H2,2H3. The molecular weight excluding hydrogens is 244 g/mol. The normalized spacial score (nSPS) is 16.6. The van der Waals surface area contributed by atoms with Gasteiger partial charge in [0.05, 0.1) is 0 Å². The van der Waals surface area contributed by atoms with Crippen LogP contribution in [0, 0.1) is 12.3 Å². The summed E-state index contributed by atoms with van der Waals surface area (Å²) < 4.78 is 0. The van der Waals surface area contributed by atoms with Crippen molar-refractivity contribution in [3.63, 3.8) is 0 Å². The Hall–Kier alpha value is -1.25. The third-order valence-electron chi connectivity index (χ3n) is 3.10. The highest BCUT2D eigenvalue weighted by molar-refractivity contribution is 7.98. The topological polar surface area (TPSA) is 32.3 Å². The lowest BCUT2D eigenvalue weighted by atomic mass is 10.3. The Balaban J connectivity index is 1.87. The molecule has 0 spiro atoms. The van der Waals surface area contributed by atoms with E-state index in [9.17, 15) is 0 Å². The number of nitrogens with zero attached hydrogens (tertiary/aromatic N) is 4. The van der Waals surface area contributed by atoms with E-state index in [0.29, 0.717) is 0 Å². The summed E-state index contributed by atoms with van der Waals surface area (Å²) in [4.78, 5) is 4.68. The largest absolute Gasteiger partial charge is 0.353 e. The van der Waals surface area contributed by atoms with Crippen molar-refractivity contribution in [1.29, 1.82) is 0 Å². The average molecular weight is 262 g/mol. The van der Waals surface area contributed by atoms with Crippen LogP contribution in [0.25, 0.3) is 0 Å². The Morgan fingerprint density at radius 3 is 2.61 bits per heavy atom. The molecule has 0 N–H and O–H groups in total. The van der Waals surface area contributed by atoms with Gasteiger partial charge in [-0.05, 0) is 18.4 Å². The molecule has 0 unspecified atom stereocenters. The molecule has 18 heavy (non-hydrogen) atoms. The lowest BCUT2D eigenvalue weighted by Gasteiger charge is -2.34. The van der Waals surface area contributed by atoms with Crippen molar-refractivity contribution in [1.82, 2.24) is 15.1 Å². The van der Waals surface area contributed by atoms with E-state index in [1.54, 1.807) is 11.8 Å². The summed E-state index contributed by atoms with van der Waals surface area (Å²) >= 11 is 1.61. The van der Waals surface area contributed by atoms with Crippen LogP contribution in [-0.2, 0) is 0 Å². The van der Waals surface area contributed by atoms with Gasteiger partial charge in [-0.2, -0.15) is 0 Å². The Morgan fingerprint density at radius 2 is 2.06 bits per heavy atom. The third-order valence-corrected chi connectivity index (χ3v) is 3.74. The highest BCUT2D eigenvalue weighted by Crippen LogP contribution is 2.16. The van der Waals surface area contributed by atoms with Gasteiger partial charge in [0.1, 0.15) is 5.03 Å². The molecule has 1 aliphatic rings. The Bertz CT molecular complexity index is 404. The fourth-order valence-corrected chi connectivity index (χ4v) is 2.34. The second-order valence-electron chi connectivity index (χ2n) is 4.22. The molecule has 2 heterocycles. The van der Waals surface area contributed by atoms with E-state index < -0.39 is 0 Å². The van der Waals surface area contributed by atoms with Crippen molar-refractivity contribution in [2.75, 3.05) is 43.9 Å². The molecule has 0 bridgehead atoms. The fourth-order valence-electron chi connectivity index (χ4n) is 2.01. The molecule has 1 aliphatic heterocycles. The highest BCUT2D eigenvalue weighted by Gasteiger charge is 2.17. The Kier molecular flexibility index (Phi) is 4.85. The first-order chi connectivity index (χ1) is 8.83. The summed E-state index contributed by atoms with van der Waals surface area (Å²) in [7, 11) is 0. The van der Waals surface area contributed by atoms with Crippen molar-refractivity contribution in [3.8, 4) is 12.3 Å². The summed E-state index contributed by atoms with van der Waals surface area (Å²) in [5.74, 6) is 3.67. The smallest absolute Gasteiger partial charge is 0.151 e. The number of terminal acetylenes is 1. The van der Waals surface area contributed by atoms with Crippen molar-refractivity contribution >= 4 is 17.6 Å². The van der Waals surface area contributed by atoms with Gasteiger partial charge in [0.15, 0.2) is 5.82 Å². The van der Waals surface area contributed by atoms with Crippen molar-refractivity contribution in [2.24, 2.45) is 0 Å². The van der Waals surface area contributed by atoms with Crippen molar-refractivity contribution in [2.45, 2.75) is 11.4 Å². The SMILES string of the molecule is C#CCCN1CCN(c2ccc(SC)nn2)CC1. The van der Waals surface area contributed by atoms with Gasteiger partial charge >= 0.3 is 0 Å². The van der Waals surface area contributed by atoms with E-state index in [-0.39, 0.29) is 0 Å². The fraction of sp³-hybridized carbons (Fsp3) is 0.538. The van der Waals surface area contributed by atoms with E-state index in [2.05, 4.69) is 32.0 Å². The summed E-state index contributed by atoms with van der Waals surface area (Å²) in [5, 5.41) is 9.40. The molecule has 0 amide bonds. The molecule has 0 saturated carbocycles. The van der Waals surface area contributed by atoms with Crippen LogP contribution >= 0.6 is 11.8 Å². The molecular formula is C13H18N4S. The van der Waals surface area contributed by atoms with Gasteiger partial charge in [0.2, 0.25) is 0 Å². The van der Waals surface area contributed by atoms with Crippen LogP contribution in [0.3, 0.4) is 0 Å². The first-order valence-corrected chi connectivity index (χ1v) is 7.34. The highest BCUT2D eigenvalue weighted by atomic mass is 32.2. The number of piperazine rings is 1. The number of thioether (sulfide) groups is 1. The van der Waals surface area contributed by atoms with Gasteiger partial charge < -0.3 is 4.90 Å². The molecule has 0 aromatic carbocycles. The molecule has 1 aromatic heterocycles. The number of rotatable bonds is 4. The van der Waals surface area contributed by atoms with E-state index in [4.69, 9.17) is 6.42 Å². The van der Waals surface area contributed by atoms with E-state index >= 15 is 0 Å². The van der Waals surface area contributed by atoms with Crippen LogP contribution in [0.4, 0.5) is 5.82 Å². The zero-order valence-electron chi connectivity index (χ0n) is 10.7. The predicted octanol–water partition coefficient (Wildman–Crippen LogP) is 1.34.